The molecule has 30 heavy (non-hydrogen) atoms. The summed E-state index contributed by atoms with van der Waals surface area (Å²) >= 11 is 0. The van der Waals surface area contributed by atoms with Crippen LogP contribution in [-0.4, -0.2) is 29.6 Å². The molecule has 1 aliphatic rings. The van der Waals surface area contributed by atoms with Crippen LogP contribution in [0, 0.1) is 6.92 Å². The Morgan fingerprint density at radius 1 is 1.00 bits per heavy atom. The smallest absolute Gasteiger partial charge is 0.258 e. The number of amides is 1. The fraction of sp³-hybridized carbons (Fsp3) is 0.333. The zero-order valence-electron chi connectivity index (χ0n) is 17.1. The van der Waals surface area contributed by atoms with Gasteiger partial charge in [-0.05, 0) is 68.5 Å². The van der Waals surface area contributed by atoms with Crippen LogP contribution in [0.3, 0.4) is 0 Å². The Kier molecular flexibility index (Phi) is 7.52. The predicted octanol–water partition coefficient (Wildman–Crippen LogP) is 4.88. The van der Waals surface area contributed by atoms with Crippen molar-refractivity contribution in [3.63, 3.8) is 0 Å². The van der Waals surface area contributed by atoms with Crippen molar-refractivity contribution in [2.24, 2.45) is 0 Å². The third-order valence-corrected chi connectivity index (χ3v) is 5.40. The monoisotopic (exact) mass is 425 g/mol. The Bertz CT molecular complexity index is 987. The van der Waals surface area contributed by atoms with Crippen molar-refractivity contribution in [3.05, 3.63) is 66.2 Å². The molecule has 0 bridgehead atoms. The molecular formula is C24H28ClN3O2. The van der Waals surface area contributed by atoms with Crippen LogP contribution in [0.5, 0.6) is 5.75 Å². The Hall–Kier alpha value is -2.79. The van der Waals surface area contributed by atoms with Crippen LogP contribution in [0.1, 0.15) is 31.2 Å². The molecule has 0 saturated heterocycles. The van der Waals surface area contributed by atoms with Gasteiger partial charge >= 0.3 is 0 Å². The van der Waals surface area contributed by atoms with Crippen LogP contribution in [0.2, 0.25) is 0 Å². The lowest BCUT2D eigenvalue weighted by atomic mass is 9.91. The standard InChI is InChI=1S/C24H27N3O2.ClH/c1-17-5-4-7-21(15-17)29-16-24(28)26-20-12-10-19(11-13-20)25-23-14-9-18-6-2-3-8-22(18)27-23;/h2-9,14-15,19-20H,10-13,16H2,1H3,(H,25,27)(H,26,28);1H. The van der Waals surface area contributed by atoms with Gasteiger partial charge in [-0.3, -0.25) is 4.79 Å². The van der Waals surface area contributed by atoms with E-state index in [9.17, 15) is 4.79 Å². The topological polar surface area (TPSA) is 63.2 Å². The molecule has 1 saturated carbocycles. The number of hydrogen-bond acceptors (Lipinski definition) is 4. The molecule has 1 aromatic heterocycles. The minimum absolute atomic E-state index is 0. The summed E-state index contributed by atoms with van der Waals surface area (Å²) in [4.78, 5) is 16.9. The highest BCUT2D eigenvalue weighted by atomic mass is 35.5. The van der Waals surface area contributed by atoms with Crippen LogP contribution < -0.4 is 15.4 Å². The van der Waals surface area contributed by atoms with Gasteiger partial charge in [0.1, 0.15) is 11.6 Å². The highest BCUT2D eigenvalue weighted by molar-refractivity contribution is 5.85. The number of aryl methyl sites for hydroxylation is 1. The Morgan fingerprint density at radius 3 is 2.57 bits per heavy atom. The first kappa shape index (κ1) is 21.9. The largest absolute Gasteiger partial charge is 0.484 e. The average molecular weight is 426 g/mol. The summed E-state index contributed by atoms with van der Waals surface area (Å²) in [6.07, 6.45) is 3.94. The number of aromatic nitrogens is 1. The number of benzene rings is 2. The van der Waals surface area contributed by atoms with Crippen LogP contribution in [0.25, 0.3) is 10.9 Å². The van der Waals surface area contributed by atoms with E-state index in [-0.39, 0.29) is 31.0 Å². The number of fused-ring (bicyclic) bond motifs is 1. The van der Waals surface area contributed by atoms with E-state index in [0.29, 0.717) is 6.04 Å². The molecule has 5 nitrogen and oxygen atoms in total. The Morgan fingerprint density at radius 2 is 1.77 bits per heavy atom. The minimum atomic E-state index is -0.0564. The molecule has 4 rings (SSSR count). The number of para-hydroxylation sites is 1. The molecule has 0 atom stereocenters. The van der Waals surface area contributed by atoms with E-state index in [4.69, 9.17) is 9.72 Å². The number of carbonyl (C=O) groups excluding carboxylic acids is 1. The molecule has 158 valence electrons. The zero-order chi connectivity index (χ0) is 20.1. The Labute approximate surface area is 183 Å². The van der Waals surface area contributed by atoms with Crippen molar-refractivity contribution >= 4 is 35.0 Å². The van der Waals surface area contributed by atoms with Gasteiger partial charge in [0.25, 0.3) is 5.91 Å². The van der Waals surface area contributed by atoms with Gasteiger partial charge in [-0.2, -0.15) is 0 Å². The van der Waals surface area contributed by atoms with E-state index in [1.165, 1.54) is 0 Å². The summed E-state index contributed by atoms with van der Waals surface area (Å²) in [7, 11) is 0. The number of hydrogen-bond donors (Lipinski definition) is 2. The second kappa shape index (κ2) is 10.3. The molecule has 0 aliphatic heterocycles. The maximum Gasteiger partial charge on any atom is 0.258 e. The van der Waals surface area contributed by atoms with E-state index < -0.39 is 0 Å². The van der Waals surface area contributed by atoms with Gasteiger partial charge in [-0.25, -0.2) is 4.98 Å². The van der Waals surface area contributed by atoms with Gasteiger partial charge < -0.3 is 15.4 Å². The summed E-state index contributed by atoms with van der Waals surface area (Å²) < 4.78 is 5.59. The molecule has 2 N–H and O–H groups in total. The maximum absolute atomic E-state index is 12.2. The molecule has 1 amide bonds. The normalized spacial score (nSPS) is 18.3. The van der Waals surface area contributed by atoms with Crippen molar-refractivity contribution in [2.45, 2.75) is 44.7 Å². The van der Waals surface area contributed by atoms with E-state index in [1.807, 2.05) is 55.5 Å². The maximum atomic E-state index is 12.2. The average Bonchev–Trinajstić information content (AvgIpc) is 2.74. The van der Waals surface area contributed by atoms with E-state index >= 15 is 0 Å². The van der Waals surface area contributed by atoms with Gasteiger partial charge in [0.15, 0.2) is 6.61 Å². The van der Waals surface area contributed by atoms with Crippen molar-refractivity contribution in [3.8, 4) is 5.75 Å². The van der Waals surface area contributed by atoms with Crippen molar-refractivity contribution in [2.75, 3.05) is 11.9 Å². The summed E-state index contributed by atoms with van der Waals surface area (Å²) in [5, 5.41) is 7.81. The molecule has 6 heteroatoms. The van der Waals surface area contributed by atoms with Gasteiger partial charge in [0.05, 0.1) is 5.52 Å². The molecule has 0 spiro atoms. The number of nitrogens with one attached hydrogen (secondary N) is 2. The van der Waals surface area contributed by atoms with Crippen LogP contribution >= 0.6 is 12.4 Å². The number of halogens is 1. The number of rotatable bonds is 6. The number of pyridine rings is 1. The van der Waals surface area contributed by atoms with Crippen molar-refractivity contribution in [1.29, 1.82) is 0 Å². The highest BCUT2D eigenvalue weighted by Gasteiger charge is 2.22. The van der Waals surface area contributed by atoms with Gasteiger partial charge in [0, 0.05) is 17.5 Å². The first-order chi connectivity index (χ1) is 14.2. The summed E-state index contributed by atoms with van der Waals surface area (Å²) in [6, 6.07) is 20.6. The second-order valence-electron chi connectivity index (χ2n) is 7.75. The first-order valence-corrected chi connectivity index (χ1v) is 10.3. The number of nitrogens with zero attached hydrogens (tertiary/aromatic N) is 1. The molecule has 1 fully saturated rings. The molecule has 0 radical (unpaired) electrons. The molecule has 3 aromatic rings. The van der Waals surface area contributed by atoms with E-state index in [2.05, 4.69) is 22.8 Å². The molecule has 1 aliphatic carbocycles. The SMILES string of the molecule is Cc1cccc(OCC(=O)NC2CCC(Nc3ccc4ccccc4n3)CC2)c1.Cl. The summed E-state index contributed by atoms with van der Waals surface area (Å²) in [6.45, 7) is 2.06. The molecule has 0 unspecified atom stereocenters. The summed E-state index contributed by atoms with van der Waals surface area (Å²) in [5.74, 6) is 1.60. The van der Waals surface area contributed by atoms with Gasteiger partial charge in [0.2, 0.25) is 0 Å². The second-order valence-corrected chi connectivity index (χ2v) is 7.75. The lowest BCUT2D eigenvalue weighted by Gasteiger charge is -2.30. The van der Waals surface area contributed by atoms with Crippen molar-refractivity contribution < 1.29 is 9.53 Å². The number of ether oxygens (including phenoxy) is 1. The van der Waals surface area contributed by atoms with E-state index in [0.717, 1.165) is 53.7 Å². The summed E-state index contributed by atoms with van der Waals surface area (Å²) in [5.41, 5.74) is 2.13. The molecule has 2 aromatic carbocycles. The predicted molar refractivity (Wildman–Crippen MR) is 123 cm³/mol. The highest BCUT2D eigenvalue weighted by Crippen LogP contribution is 2.23. The number of anilines is 1. The Balaban J connectivity index is 0.00000256. The quantitative estimate of drug-likeness (QED) is 0.590. The fourth-order valence-electron chi connectivity index (χ4n) is 3.86. The van der Waals surface area contributed by atoms with E-state index in [1.54, 1.807) is 0 Å². The lowest BCUT2D eigenvalue weighted by molar-refractivity contribution is -0.124. The fourth-order valence-corrected chi connectivity index (χ4v) is 3.86. The first-order valence-electron chi connectivity index (χ1n) is 10.3. The van der Waals surface area contributed by atoms with Gasteiger partial charge in [-0.1, -0.05) is 30.3 Å². The molecule has 1 heterocycles. The van der Waals surface area contributed by atoms with Crippen LogP contribution in [0.15, 0.2) is 60.7 Å². The third kappa shape index (κ3) is 5.86. The number of carbonyl (C=O) groups is 1. The van der Waals surface area contributed by atoms with Gasteiger partial charge in [-0.15, -0.1) is 12.4 Å². The lowest BCUT2D eigenvalue weighted by Crippen LogP contribution is -2.42. The van der Waals surface area contributed by atoms with Crippen molar-refractivity contribution in [1.82, 2.24) is 10.3 Å². The molecular weight excluding hydrogens is 398 g/mol. The van der Waals surface area contributed by atoms with Crippen LogP contribution in [-0.2, 0) is 4.79 Å². The van der Waals surface area contributed by atoms with Crippen LogP contribution in [0.4, 0.5) is 5.82 Å². The minimum Gasteiger partial charge on any atom is -0.484 e. The third-order valence-electron chi connectivity index (χ3n) is 5.40. The zero-order valence-corrected chi connectivity index (χ0v) is 18.0.